The van der Waals surface area contributed by atoms with Crippen molar-refractivity contribution in [3.05, 3.63) is 29.8 Å². The summed E-state index contributed by atoms with van der Waals surface area (Å²) in [4.78, 5) is 7.22. The lowest BCUT2D eigenvalue weighted by atomic mass is 10.0. The maximum Gasteiger partial charge on any atom is 0.119 e. The molecule has 1 aliphatic heterocycles. The first-order valence-electron chi connectivity index (χ1n) is 10.4. The van der Waals surface area contributed by atoms with Crippen molar-refractivity contribution in [2.75, 3.05) is 60.0 Å². The Morgan fingerprint density at radius 1 is 1.19 bits per heavy atom. The fraction of sp³-hybridized carbons (Fsp3) is 0.727. The van der Waals surface area contributed by atoms with Gasteiger partial charge in [0.25, 0.3) is 0 Å². The molecule has 0 saturated carbocycles. The van der Waals surface area contributed by atoms with Crippen LogP contribution in [-0.4, -0.2) is 85.9 Å². The van der Waals surface area contributed by atoms with E-state index in [1.54, 1.807) is 0 Å². The third-order valence-electron chi connectivity index (χ3n) is 5.28. The van der Waals surface area contributed by atoms with Crippen LogP contribution in [-0.2, 0) is 6.54 Å². The highest BCUT2D eigenvalue weighted by Crippen LogP contribution is 2.19. The third kappa shape index (κ3) is 8.18. The van der Waals surface area contributed by atoms with Crippen LogP contribution in [0.2, 0.25) is 0 Å². The molecule has 1 saturated heterocycles. The first kappa shape index (κ1) is 22.2. The van der Waals surface area contributed by atoms with Crippen LogP contribution in [0.1, 0.15) is 32.3 Å². The molecule has 27 heavy (non-hydrogen) atoms. The number of hydrogen-bond donors (Lipinski definition) is 1. The minimum atomic E-state index is 0.273. The molecule has 1 atom stereocenters. The van der Waals surface area contributed by atoms with Crippen molar-refractivity contribution < 1.29 is 9.84 Å². The second-order valence-electron chi connectivity index (χ2n) is 8.42. The zero-order valence-electron chi connectivity index (χ0n) is 17.7. The van der Waals surface area contributed by atoms with Gasteiger partial charge in [0.1, 0.15) is 12.4 Å². The molecular weight excluding hydrogens is 338 g/mol. The molecule has 0 radical (unpaired) electrons. The zero-order chi connectivity index (χ0) is 19.6. The van der Waals surface area contributed by atoms with Crippen molar-refractivity contribution in [3.63, 3.8) is 0 Å². The van der Waals surface area contributed by atoms with Gasteiger partial charge in [-0.15, -0.1) is 0 Å². The Bertz CT molecular complexity index is 519. The Morgan fingerprint density at radius 2 is 1.93 bits per heavy atom. The minimum absolute atomic E-state index is 0.273. The van der Waals surface area contributed by atoms with E-state index in [2.05, 4.69) is 66.9 Å². The van der Waals surface area contributed by atoms with E-state index in [9.17, 15) is 5.11 Å². The van der Waals surface area contributed by atoms with Crippen LogP contribution in [0, 0.1) is 5.92 Å². The number of hydrogen-bond acceptors (Lipinski definition) is 5. The Labute approximate surface area is 165 Å². The third-order valence-corrected chi connectivity index (χ3v) is 5.28. The van der Waals surface area contributed by atoms with Crippen LogP contribution >= 0.6 is 0 Å². The van der Waals surface area contributed by atoms with Crippen molar-refractivity contribution in [1.29, 1.82) is 0 Å². The molecule has 0 bridgehead atoms. The molecule has 1 aromatic carbocycles. The molecule has 0 aliphatic carbocycles. The quantitative estimate of drug-likeness (QED) is 0.642. The van der Waals surface area contributed by atoms with Crippen molar-refractivity contribution in [1.82, 2.24) is 14.7 Å². The highest BCUT2D eigenvalue weighted by atomic mass is 16.5. The van der Waals surface area contributed by atoms with Gasteiger partial charge in [-0.05, 0) is 57.1 Å². The van der Waals surface area contributed by atoms with E-state index in [1.807, 2.05) is 0 Å². The number of aliphatic hydroxyl groups excluding tert-OH is 1. The lowest BCUT2D eigenvalue weighted by Crippen LogP contribution is -2.53. The molecule has 0 aromatic heterocycles. The van der Waals surface area contributed by atoms with Crippen molar-refractivity contribution in [2.45, 2.75) is 39.3 Å². The van der Waals surface area contributed by atoms with E-state index in [4.69, 9.17) is 4.74 Å². The van der Waals surface area contributed by atoms with Gasteiger partial charge in [0, 0.05) is 45.4 Å². The van der Waals surface area contributed by atoms with Crippen LogP contribution < -0.4 is 4.74 Å². The molecule has 1 aromatic rings. The average Bonchev–Trinajstić information content (AvgIpc) is 2.62. The number of nitrogens with zero attached hydrogens (tertiary/aromatic N) is 3. The van der Waals surface area contributed by atoms with Gasteiger partial charge in [-0.2, -0.15) is 0 Å². The zero-order valence-corrected chi connectivity index (χ0v) is 17.7. The first-order valence-corrected chi connectivity index (χ1v) is 10.4. The lowest BCUT2D eigenvalue weighted by molar-refractivity contribution is 0.0524. The Hall–Kier alpha value is -1.14. The Balaban J connectivity index is 1.82. The van der Waals surface area contributed by atoms with Crippen LogP contribution in [0.25, 0.3) is 0 Å². The van der Waals surface area contributed by atoms with Crippen LogP contribution in [0.5, 0.6) is 5.75 Å². The Morgan fingerprint density at radius 3 is 2.56 bits per heavy atom. The summed E-state index contributed by atoms with van der Waals surface area (Å²) in [6, 6.07) is 8.98. The summed E-state index contributed by atoms with van der Waals surface area (Å²) in [6.07, 6.45) is 2.10. The van der Waals surface area contributed by atoms with Crippen molar-refractivity contribution in [3.8, 4) is 5.75 Å². The molecule has 1 N–H and O–H groups in total. The molecule has 154 valence electrons. The number of piperazine rings is 1. The maximum absolute atomic E-state index is 9.46. The summed E-state index contributed by atoms with van der Waals surface area (Å²) in [7, 11) is 4.11. The number of aliphatic hydroxyl groups is 1. The topological polar surface area (TPSA) is 39.2 Å². The van der Waals surface area contributed by atoms with E-state index in [1.165, 1.54) is 12.0 Å². The fourth-order valence-electron chi connectivity index (χ4n) is 3.54. The summed E-state index contributed by atoms with van der Waals surface area (Å²) in [5, 5.41) is 9.46. The predicted molar refractivity (Wildman–Crippen MR) is 112 cm³/mol. The highest BCUT2D eigenvalue weighted by molar-refractivity contribution is 5.27. The molecule has 1 unspecified atom stereocenters. The van der Waals surface area contributed by atoms with Crippen LogP contribution in [0.4, 0.5) is 0 Å². The molecular formula is C22H39N3O2. The van der Waals surface area contributed by atoms with Gasteiger partial charge in [0.05, 0.1) is 0 Å². The smallest absolute Gasteiger partial charge is 0.119 e. The van der Waals surface area contributed by atoms with E-state index in [0.29, 0.717) is 12.6 Å². The normalized spacial score (nSPS) is 19.1. The van der Waals surface area contributed by atoms with E-state index in [-0.39, 0.29) is 6.61 Å². The SMILES string of the molecule is CC(C)CCN1CCN(Cc2ccc(OCCN(C)C)cc2)CC1CCO. The van der Waals surface area contributed by atoms with Gasteiger partial charge < -0.3 is 14.7 Å². The fourth-order valence-corrected chi connectivity index (χ4v) is 3.54. The highest BCUT2D eigenvalue weighted by Gasteiger charge is 2.26. The van der Waals surface area contributed by atoms with E-state index < -0.39 is 0 Å². The second-order valence-corrected chi connectivity index (χ2v) is 8.42. The number of ether oxygens (including phenoxy) is 1. The average molecular weight is 378 g/mol. The largest absolute Gasteiger partial charge is 0.492 e. The van der Waals surface area contributed by atoms with Gasteiger partial charge in [0.15, 0.2) is 0 Å². The van der Waals surface area contributed by atoms with Gasteiger partial charge in [-0.1, -0.05) is 26.0 Å². The molecule has 1 fully saturated rings. The predicted octanol–water partition coefficient (Wildman–Crippen LogP) is 2.54. The summed E-state index contributed by atoms with van der Waals surface area (Å²) in [5.41, 5.74) is 1.33. The van der Waals surface area contributed by atoms with Crippen LogP contribution in [0.15, 0.2) is 24.3 Å². The summed E-state index contributed by atoms with van der Waals surface area (Å²) in [6.45, 7) is 11.8. The van der Waals surface area contributed by atoms with E-state index in [0.717, 1.165) is 57.4 Å². The monoisotopic (exact) mass is 377 g/mol. The molecule has 1 aliphatic rings. The molecule has 0 amide bonds. The number of benzene rings is 1. The Kier molecular flexibility index (Phi) is 9.56. The molecule has 2 rings (SSSR count). The van der Waals surface area contributed by atoms with Gasteiger partial charge in [-0.3, -0.25) is 9.80 Å². The maximum atomic E-state index is 9.46. The molecule has 0 spiro atoms. The first-order chi connectivity index (χ1) is 13.0. The minimum Gasteiger partial charge on any atom is -0.492 e. The number of rotatable bonds is 11. The summed E-state index contributed by atoms with van der Waals surface area (Å²) < 4.78 is 5.78. The van der Waals surface area contributed by atoms with Gasteiger partial charge >= 0.3 is 0 Å². The molecule has 5 nitrogen and oxygen atoms in total. The standard InChI is InChI=1S/C22H39N3O2/c1-19(2)9-11-25-13-12-24(18-21(25)10-15-26)17-20-5-7-22(8-6-20)27-16-14-23(3)4/h5-8,19,21,26H,9-18H2,1-4H3. The molecule has 5 heteroatoms. The summed E-state index contributed by atoms with van der Waals surface area (Å²) in [5.74, 6) is 1.67. The number of likely N-dealkylation sites (N-methyl/N-ethyl adjacent to an activating group) is 1. The lowest BCUT2D eigenvalue weighted by Gasteiger charge is -2.41. The van der Waals surface area contributed by atoms with Crippen molar-refractivity contribution >= 4 is 0 Å². The van der Waals surface area contributed by atoms with Crippen molar-refractivity contribution in [2.24, 2.45) is 5.92 Å². The van der Waals surface area contributed by atoms with Crippen LogP contribution in [0.3, 0.4) is 0 Å². The summed E-state index contributed by atoms with van der Waals surface area (Å²) >= 11 is 0. The molecule has 1 heterocycles. The van der Waals surface area contributed by atoms with E-state index >= 15 is 0 Å². The van der Waals surface area contributed by atoms with Gasteiger partial charge in [-0.25, -0.2) is 0 Å². The van der Waals surface area contributed by atoms with Gasteiger partial charge in [0.2, 0.25) is 0 Å². The second kappa shape index (κ2) is 11.6.